The van der Waals surface area contributed by atoms with Crippen molar-refractivity contribution in [1.29, 1.82) is 0 Å². The van der Waals surface area contributed by atoms with Crippen LogP contribution >= 0.6 is 0 Å². The van der Waals surface area contributed by atoms with Crippen LogP contribution in [0, 0.1) is 10.1 Å². The molecular weight excluding hydrogens is 352 g/mol. The number of rotatable bonds is 5. The van der Waals surface area contributed by atoms with Gasteiger partial charge in [0.1, 0.15) is 4.90 Å². The summed E-state index contributed by atoms with van der Waals surface area (Å²) in [6.07, 6.45) is -0.299. The molecule has 10 heteroatoms. The van der Waals surface area contributed by atoms with E-state index in [1.807, 2.05) is 0 Å². The Morgan fingerprint density at radius 2 is 1.84 bits per heavy atom. The number of hydrogen-bond acceptors (Lipinski definition) is 7. The van der Waals surface area contributed by atoms with E-state index in [2.05, 4.69) is 5.32 Å². The molecule has 0 heterocycles. The number of nitrogens with zero attached hydrogens (tertiary/aromatic N) is 1. The van der Waals surface area contributed by atoms with E-state index in [0.29, 0.717) is 0 Å². The smallest absolute Gasteiger partial charge is 0.339 e. The van der Waals surface area contributed by atoms with Crippen molar-refractivity contribution in [1.82, 2.24) is 5.32 Å². The third kappa shape index (κ3) is 5.82. The highest BCUT2D eigenvalue weighted by molar-refractivity contribution is 7.90. The topological polar surface area (TPSA) is 133 Å². The third-order valence-electron chi connectivity index (χ3n) is 2.94. The van der Waals surface area contributed by atoms with Crippen LogP contribution in [0.4, 0.5) is 5.69 Å². The molecule has 1 amide bonds. The van der Waals surface area contributed by atoms with Gasteiger partial charge in [0.2, 0.25) is 0 Å². The van der Waals surface area contributed by atoms with Crippen molar-refractivity contribution < 1.29 is 27.7 Å². The molecule has 0 aliphatic carbocycles. The number of hydrogen-bond donors (Lipinski definition) is 1. The van der Waals surface area contributed by atoms with Gasteiger partial charge >= 0.3 is 5.97 Å². The molecule has 1 rings (SSSR count). The molecule has 0 spiro atoms. The molecular formula is C15H20N2O7S. The van der Waals surface area contributed by atoms with Crippen LogP contribution < -0.4 is 5.32 Å². The Hall–Kier alpha value is -2.49. The zero-order valence-corrected chi connectivity index (χ0v) is 15.3. The zero-order chi connectivity index (χ0) is 19.6. The molecule has 0 aromatic heterocycles. The van der Waals surface area contributed by atoms with Crippen LogP contribution in [-0.2, 0) is 19.4 Å². The molecule has 1 aromatic rings. The van der Waals surface area contributed by atoms with Gasteiger partial charge in [-0.2, -0.15) is 0 Å². The number of nitrogens with one attached hydrogen (secondary N) is 1. The molecule has 138 valence electrons. The number of amides is 1. The fourth-order valence-corrected chi connectivity index (χ4v) is 2.68. The number of nitro groups is 1. The molecule has 0 aliphatic rings. The number of sulfone groups is 1. The molecule has 0 saturated carbocycles. The summed E-state index contributed by atoms with van der Waals surface area (Å²) in [4.78, 5) is 33.6. The number of carbonyl (C=O) groups is 2. The van der Waals surface area contributed by atoms with Gasteiger partial charge in [-0.3, -0.25) is 14.9 Å². The molecule has 0 fully saturated rings. The van der Waals surface area contributed by atoms with Crippen LogP contribution in [0.15, 0.2) is 23.1 Å². The summed E-state index contributed by atoms with van der Waals surface area (Å²) >= 11 is 0. The quantitative estimate of drug-likeness (QED) is 0.470. The molecule has 1 N–H and O–H groups in total. The highest BCUT2D eigenvalue weighted by atomic mass is 32.2. The number of benzene rings is 1. The van der Waals surface area contributed by atoms with Crippen molar-refractivity contribution in [2.75, 3.05) is 6.26 Å². The van der Waals surface area contributed by atoms with Gasteiger partial charge in [0.25, 0.3) is 11.6 Å². The van der Waals surface area contributed by atoms with Gasteiger partial charge in [-0.25, -0.2) is 13.2 Å². The van der Waals surface area contributed by atoms with E-state index in [9.17, 15) is 28.1 Å². The first-order valence-electron chi connectivity index (χ1n) is 7.24. The second-order valence-electron chi connectivity index (χ2n) is 6.50. The van der Waals surface area contributed by atoms with Crippen LogP contribution in [0.1, 0.15) is 38.1 Å². The van der Waals surface area contributed by atoms with Crippen molar-refractivity contribution in [3.05, 3.63) is 33.9 Å². The van der Waals surface area contributed by atoms with E-state index in [1.54, 1.807) is 20.8 Å². The number of esters is 1. The first-order chi connectivity index (χ1) is 11.2. The molecule has 25 heavy (non-hydrogen) atoms. The molecule has 1 unspecified atom stereocenters. The summed E-state index contributed by atoms with van der Waals surface area (Å²) in [6.45, 7) is 6.63. The van der Waals surface area contributed by atoms with E-state index >= 15 is 0 Å². The maximum Gasteiger partial charge on any atom is 0.339 e. The normalized spacial score (nSPS) is 13.0. The highest BCUT2D eigenvalue weighted by Gasteiger charge is 2.27. The zero-order valence-electron chi connectivity index (χ0n) is 14.5. The van der Waals surface area contributed by atoms with Crippen molar-refractivity contribution in [2.45, 2.75) is 44.2 Å². The Labute approximate surface area is 145 Å². The van der Waals surface area contributed by atoms with Crippen LogP contribution in [0.3, 0.4) is 0 Å². The summed E-state index contributed by atoms with van der Waals surface area (Å²) in [5.41, 5.74) is -1.48. The van der Waals surface area contributed by atoms with Crippen LogP contribution in [-0.4, -0.2) is 43.1 Å². The minimum absolute atomic E-state index is 0.227. The Balaban J connectivity index is 3.05. The lowest BCUT2D eigenvalue weighted by molar-refractivity contribution is -0.387. The van der Waals surface area contributed by atoms with Crippen LogP contribution in [0.25, 0.3) is 0 Å². The van der Waals surface area contributed by atoms with E-state index in [4.69, 9.17) is 4.74 Å². The predicted molar refractivity (Wildman–Crippen MR) is 89.0 cm³/mol. The molecule has 1 aromatic carbocycles. The fourth-order valence-electron chi connectivity index (χ4n) is 1.85. The summed E-state index contributed by atoms with van der Waals surface area (Å²) in [6, 6.07) is 2.87. The largest absolute Gasteiger partial charge is 0.449 e. The average Bonchev–Trinajstić information content (AvgIpc) is 2.43. The molecule has 1 atom stereocenters. The minimum Gasteiger partial charge on any atom is -0.449 e. The molecule has 0 aliphatic heterocycles. The Kier molecular flexibility index (Phi) is 5.90. The number of nitro benzene ring substituents is 1. The van der Waals surface area contributed by atoms with Gasteiger partial charge in [-0.15, -0.1) is 0 Å². The summed E-state index contributed by atoms with van der Waals surface area (Å²) < 4.78 is 28.1. The summed E-state index contributed by atoms with van der Waals surface area (Å²) in [7, 11) is -3.84. The lowest BCUT2D eigenvalue weighted by Gasteiger charge is -2.23. The van der Waals surface area contributed by atoms with E-state index in [1.165, 1.54) is 6.92 Å². The van der Waals surface area contributed by atoms with Gasteiger partial charge < -0.3 is 10.1 Å². The first kappa shape index (κ1) is 20.6. The first-order valence-corrected chi connectivity index (χ1v) is 9.13. The van der Waals surface area contributed by atoms with Gasteiger partial charge in [-0.05, 0) is 39.8 Å². The monoisotopic (exact) mass is 372 g/mol. The summed E-state index contributed by atoms with van der Waals surface area (Å²) in [5, 5.41) is 13.7. The Bertz CT molecular complexity index is 810. The van der Waals surface area contributed by atoms with E-state index < -0.39 is 48.9 Å². The van der Waals surface area contributed by atoms with Gasteiger partial charge in [0.05, 0.1) is 10.5 Å². The maximum absolute atomic E-state index is 12.1. The van der Waals surface area contributed by atoms with Gasteiger partial charge in [0, 0.05) is 17.9 Å². The van der Waals surface area contributed by atoms with Crippen molar-refractivity contribution in [3.63, 3.8) is 0 Å². The molecule has 0 radical (unpaired) electrons. The lowest BCUT2D eigenvalue weighted by atomic mass is 10.1. The van der Waals surface area contributed by atoms with E-state index in [-0.39, 0.29) is 5.56 Å². The molecule has 9 nitrogen and oxygen atoms in total. The standard InChI is InChI=1S/C15H20N2O7S/c1-9(13(18)16-15(2,3)4)24-14(19)10-6-7-12(25(5,22)23)11(8-10)17(20)21/h6-9H,1-5H3,(H,16,18). The maximum atomic E-state index is 12.1. The summed E-state index contributed by atoms with van der Waals surface area (Å²) in [5.74, 6) is -1.50. The van der Waals surface area contributed by atoms with Crippen molar-refractivity contribution in [3.8, 4) is 0 Å². The van der Waals surface area contributed by atoms with Crippen molar-refractivity contribution in [2.24, 2.45) is 0 Å². The fraction of sp³-hybridized carbons (Fsp3) is 0.467. The molecule has 0 saturated heterocycles. The third-order valence-corrected chi connectivity index (χ3v) is 4.09. The minimum atomic E-state index is -3.84. The SMILES string of the molecule is CC(OC(=O)c1ccc(S(C)(=O)=O)c([N+](=O)[O-])c1)C(=O)NC(C)(C)C. The lowest BCUT2D eigenvalue weighted by Crippen LogP contribution is -2.46. The number of ether oxygens (including phenoxy) is 1. The van der Waals surface area contributed by atoms with Crippen LogP contribution in [0.5, 0.6) is 0 Å². The Morgan fingerprint density at radius 1 is 1.28 bits per heavy atom. The highest BCUT2D eigenvalue weighted by Crippen LogP contribution is 2.25. The number of carbonyl (C=O) groups excluding carboxylic acids is 2. The van der Waals surface area contributed by atoms with E-state index in [0.717, 1.165) is 24.5 Å². The predicted octanol–water partition coefficient (Wildman–Crippen LogP) is 1.46. The second kappa shape index (κ2) is 7.18. The average molecular weight is 372 g/mol. The van der Waals surface area contributed by atoms with Gasteiger partial charge in [-0.1, -0.05) is 0 Å². The Morgan fingerprint density at radius 3 is 2.28 bits per heavy atom. The van der Waals surface area contributed by atoms with Gasteiger partial charge in [0.15, 0.2) is 15.9 Å². The van der Waals surface area contributed by atoms with Crippen molar-refractivity contribution >= 4 is 27.4 Å². The second-order valence-corrected chi connectivity index (χ2v) is 8.48. The van der Waals surface area contributed by atoms with Crippen LogP contribution in [0.2, 0.25) is 0 Å². The molecule has 0 bridgehead atoms.